The fourth-order valence-corrected chi connectivity index (χ4v) is 3.69. The maximum Gasteiger partial charge on any atom is 0.586 e. The summed E-state index contributed by atoms with van der Waals surface area (Å²) in [7, 11) is 0. The van der Waals surface area contributed by atoms with Gasteiger partial charge in [0.15, 0.2) is 11.5 Å². The summed E-state index contributed by atoms with van der Waals surface area (Å²) in [5.41, 5.74) is 3.22. The summed E-state index contributed by atoms with van der Waals surface area (Å²) in [6.07, 6.45) is -2.70. The van der Waals surface area contributed by atoms with Gasteiger partial charge in [-0.3, -0.25) is 9.59 Å². The van der Waals surface area contributed by atoms with Crippen molar-refractivity contribution in [2.24, 2.45) is 0 Å². The summed E-state index contributed by atoms with van der Waals surface area (Å²) >= 11 is 1.39. The Labute approximate surface area is 177 Å². The molecule has 0 saturated carbocycles. The van der Waals surface area contributed by atoms with Gasteiger partial charge in [-0.1, -0.05) is 18.2 Å². The number of fused-ring (bicyclic) bond motifs is 1. The van der Waals surface area contributed by atoms with Gasteiger partial charge in [-0.15, -0.1) is 8.78 Å². The normalized spacial score (nSPS) is 13.7. The van der Waals surface area contributed by atoms with E-state index in [1.54, 1.807) is 0 Å². The van der Waals surface area contributed by atoms with Crippen molar-refractivity contribution in [2.75, 3.05) is 22.1 Å². The highest BCUT2D eigenvalue weighted by Gasteiger charge is 2.43. The molecule has 0 radical (unpaired) electrons. The second kappa shape index (κ2) is 9.34. The SMILES string of the molecule is Cc1cccc(C)c1NC(=O)CCCSCC(=O)Nc1ccc2c(c1)OC(F)(F)O2. The number of alkyl halides is 2. The van der Waals surface area contributed by atoms with E-state index in [-0.39, 0.29) is 29.1 Å². The maximum atomic E-state index is 13.0. The van der Waals surface area contributed by atoms with Crippen LogP contribution in [0.3, 0.4) is 0 Å². The number of carbonyl (C=O) groups is 2. The smallest absolute Gasteiger partial charge is 0.395 e. The first-order chi connectivity index (χ1) is 14.2. The van der Waals surface area contributed by atoms with Crippen LogP contribution in [0, 0.1) is 13.8 Å². The number of halogens is 2. The zero-order chi connectivity index (χ0) is 21.7. The highest BCUT2D eigenvalue weighted by atomic mass is 32.2. The first kappa shape index (κ1) is 21.9. The van der Waals surface area contributed by atoms with Gasteiger partial charge in [0.1, 0.15) is 0 Å². The molecule has 2 amide bonds. The third-order valence-electron chi connectivity index (χ3n) is 4.36. The fraction of sp³-hybridized carbons (Fsp3) is 0.333. The maximum absolute atomic E-state index is 13.0. The van der Waals surface area contributed by atoms with E-state index >= 15 is 0 Å². The monoisotopic (exact) mass is 436 g/mol. The van der Waals surface area contributed by atoms with Crippen LogP contribution in [0.1, 0.15) is 24.0 Å². The Morgan fingerprint density at radius 1 is 1.00 bits per heavy atom. The molecule has 3 rings (SSSR count). The first-order valence-electron chi connectivity index (χ1n) is 9.37. The Morgan fingerprint density at radius 2 is 1.70 bits per heavy atom. The molecule has 1 aliphatic rings. The molecule has 0 fully saturated rings. The minimum absolute atomic E-state index is 0.0605. The number of ether oxygens (including phenoxy) is 2. The van der Waals surface area contributed by atoms with Crippen LogP contribution in [0.4, 0.5) is 20.2 Å². The highest BCUT2D eigenvalue weighted by Crippen LogP contribution is 2.42. The van der Waals surface area contributed by atoms with Gasteiger partial charge in [0.05, 0.1) is 5.75 Å². The Kier molecular flexibility index (Phi) is 6.81. The van der Waals surface area contributed by atoms with E-state index in [0.29, 0.717) is 24.3 Å². The van der Waals surface area contributed by atoms with E-state index < -0.39 is 6.29 Å². The second-order valence-corrected chi connectivity index (χ2v) is 7.95. The predicted molar refractivity (Wildman–Crippen MR) is 112 cm³/mol. The van der Waals surface area contributed by atoms with Gasteiger partial charge < -0.3 is 20.1 Å². The molecule has 2 aromatic rings. The molecule has 30 heavy (non-hydrogen) atoms. The number of aryl methyl sites for hydroxylation is 2. The molecule has 160 valence electrons. The van der Waals surface area contributed by atoms with Crippen LogP contribution in [-0.4, -0.2) is 29.6 Å². The summed E-state index contributed by atoms with van der Waals surface area (Å²) < 4.78 is 34.7. The van der Waals surface area contributed by atoms with Crippen molar-refractivity contribution in [3.63, 3.8) is 0 Å². The van der Waals surface area contributed by atoms with E-state index in [1.807, 2.05) is 32.0 Å². The number of anilines is 2. The van der Waals surface area contributed by atoms with Gasteiger partial charge in [-0.2, -0.15) is 11.8 Å². The van der Waals surface area contributed by atoms with E-state index in [9.17, 15) is 18.4 Å². The number of rotatable bonds is 8. The molecule has 2 N–H and O–H groups in total. The number of benzene rings is 2. The second-order valence-electron chi connectivity index (χ2n) is 6.85. The number of thioether (sulfide) groups is 1. The van der Waals surface area contributed by atoms with Gasteiger partial charge in [0.25, 0.3) is 0 Å². The largest absolute Gasteiger partial charge is 0.586 e. The average molecular weight is 436 g/mol. The molecule has 0 unspecified atom stereocenters. The van der Waals surface area contributed by atoms with Crippen molar-refractivity contribution in [2.45, 2.75) is 33.0 Å². The molecule has 0 atom stereocenters. The van der Waals surface area contributed by atoms with Crippen LogP contribution in [0.15, 0.2) is 36.4 Å². The van der Waals surface area contributed by atoms with Gasteiger partial charge in [-0.05, 0) is 49.3 Å². The Balaban J connectivity index is 1.35. The van der Waals surface area contributed by atoms with Crippen molar-refractivity contribution < 1.29 is 27.8 Å². The number of para-hydroxylation sites is 1. The van der Waals surface area contributed by atoms with E-state index in [2.05, 4.69) is 20.1 Å². The zero-order valence-corrected chi connectivity index (χ0v) is 17.4. The topological polar surface area (TPSA) is 76.7 Å². The summed E-state index contributed by atoms with van der Waals surface area (Å²) in [5.74, 6) is 0.288. The average Bonchev–Trinajstić information content (AvgIpc) is 2.97. The van der Waals surface area contributed by atoms with Crippen LogP contribution in [0.25, 0.3) is 0 Å². The Morgan fingerprint density at radius 3 is 2.43 bits per heavy atom. The van der Waals surface area contributed by atoms with Crippen molar-refractivity contribution in [3.05, 3.63) is 47.5 Å². The molecule has 1 aliphatic heterocycles. The van der Waals surface area contributed by atoms with E-state index in [4.69, 9.17) is 0 Å². The standard InChI is InChI=1S/C21H22F2N2O4S/c1-13-5-3-6-14(2)20(13)25-18(26)7-4-10-30-12-19(27)24-15-8-9-16-17(11-15)29-21(22,23)28-16/h3,5-6,8-9,11H,4,7,10,12H2,1-2H3,(H,24,27)(H,25,26). The first-order valence-corrected chi connectivity index (χ1v) is 10.5. The van der Waals surface area contributed by atoms with Gasteiger partial charge in [-0.25, -0.2) is 0 Å². The fourth-order valence-electron chi connectivity index (χ4n) is 2.94. The van der Waals surface area contributed by atoms with Crippen LogP contribution >= 0.6 is 11.8 Å². The molecular weight excluding hydrogens is 414 g/mol. The molecule has 2 aromatic carbocycles. The van der Waals surface area contributed by atoms with E-state index in [0.717, 1.165) is 16.8 Å². The summed E-state index contributed by atoms with van der Waals surface area (Å²) in [4.78, 5) is 24.1. The predicted octanol–water partition coefficient (Wildman–Crippen LogP) is 4.72. The Hall–Kier alpha value is -2.81. The van der Waals surface area contributed by atoms with Crippen molar-refractivity contribution >= 4 is 35.0 Å². The third-order valence-corrected chi connectivity index (χ3v) is 5.40. The van der Waals surface area contributed by atoms with Gasteiger partial charge >= 0.3 is 6.29 Å². The lowest BCUT2D eigenvalue weighted by atomic mass is 10.1. The highest BCUT2D eigenvalue weighted by molar-refractivity contribution is 7.99. The minimum Gasteiger partial charge on any atom is -0.395 e. The lowest BCUT2D eigenvalue weighted by molar-refractivity contribution is -0.286. The zero-order valence-electron chi connectivity index (χ0n) is 16.6. The minimum atomic E-state index is -3.69. The van der Waals surface area contributed by atoms with Crippen LogP contribution in [0.5, 0.6) is 11.5 Å². The van der Waals surface area contributed by atoms with Crippen LogP contribution in [-0.2, 0) is 9.59 Å². The van der Waals surface area contributed by atoms with Crippen LogP contribution in [0.2, 0.25) is 0 Å². The molecule has 9 heteroatoms. The summed E-state index contributed by atoms with van der Waals surface area (Å²) in [6.45, 7) is 3.89. The third kappa shape index (κ3) is 5.85. The quantitative estimate of drug-likeness (QED) is 0.586. The lowest BCUT2D eigenvalue weighted by Gasteiger charge is -2.11. The molecular formula is C21H22F2N2O4S. The Bertz CT molecular complexity index is 932. The number of nitrogens with one attached hydrogen (secondary N) is 2. The van der Waals surface area contributed by atoms with Crippen molar-refractivity contribution in [1.29, 1.82) is 0 Å². The number of amides is 2. The van der Waals surface area contributed by atoms with Gasteiger partial charge in [0, 0.05) is 23.9 Å². The van der Waals surface area contributed by atoms with Crippen molar-refractivity contribution in [1.82, 2.24) is 0 Å². The van der Waals surface area contributed by atoms with Crippen LogP contribution < -0.4 is 20.1 Å². The molecule has 0 spiro atoms. The molecule has 0 bridgehead atoms. The summed E-state index contributed by atoms with van der Waals surface area (Å²) in [5, 5.41) is 5.56. The van der Waals surface area contributed by atoms with E-state index in [1.165, 1.54) is 30.0 Å². The summed E-state index contributed by atoms with van der Waals surface area (Å²) in [6, 6.07) is 9.90. The lowest BCUT2D eigenvalue weighted by Crippen LogP contribution is -2.25. The molecule has 1 heterocycles. The molecule has 0 saturated heterocycles. The number of hydrogen-bond acceptors (Lipinski definition) is 5. The molecule has 6 nitrogen and oxygen atoms in total. The van der Waals surface area contributed by atoms with Gasteiger partial charge in [0.2, 0.25) is 11.8 Å². The number of hydrogen-bond donors (Lipinski definition) is 2. The molecule has 0 aliphatic carbocycles. The molecule has 0 aromatic heterocycles. The van der Waals surface area contributed by atoms with Crippen molar-refractivity contribution in [3.8, 4) is 11.5 Å². The number of carbonyl (C=O) groups excluding carboxylic acids is 2.